The summed E-state index contributed by atoms with van der Waals surface area (Å²) >= 11 is 0. The smallest absolute Gasteiger partial charge is 0.252 e. The number of anilines is 1. The van der Waals surface area contributed by atoms with E-state index in [2.05, 4.69) is 10.3 Å². The summed E-state index contributed by atoms with van der Waals surface area (Å²) in [6, 6.07) is 5.28. The van der Waals surface area contributed by atoms with E-state index < -0.39 is 12.0 Å². The average Bonchev–Trinajstić information content (AvgIpc) is 3.09. The molecule has 1 aliphatic carbocycles. The number of oxazole rings is 1. The Bertz CT molecular complexity index is 599. The van der Waals surface area contributed by atoms with Gasteiger partial charge in [-0.05, 0) is 38.0 Å². The van der Waals surface area contributed by atoms with Gasteiger partial charge in [0.25, 0.3) is 5.91 Å². The van der Waals surface area contributed by atoms with Crippen LogP contribution in [0.4, 0.5) is 5.69 Å². The van der Waals surface area contributed by atoms with Crippen molar-refractivity contribution in [3.05, 3.63) is 24.1 Å². The Morgan fingerprint density at radius 3 is 3.00 bits per heavy atom. The molecule has 1 atom stereocenters. The van der Waals surface area contributed by atoms with Gasteiger partial charge in [0, 0.05) is 11.6 Å². The molecule has 5 nitrogen and oxygen atoms in total. The summed E-state index contributed by atoms with van der Waals surface area (Å²) in [7, 11) is 0. The summed E-state index contributed by atoms with van der Waals surface area (Å²) < 4.78 is 5.63. The van der Waals surface area contributed by atoms with Crippen molar-refractivity contribution in [2.45, 2.75) is 31.8 Å². The summed E-state index contributed by atoms with van der Waals surface area (Å²) in [5, 5.41) is 11.8. The molecule has 0 bridgehead atoms. The van der Waals surface area contributed by atoms with E-state index in [0.29, 0.717) is 11.6 Å². The van der Waals surface area contributed by atoms with Crippen molar-refractivity contribution in [1.82, 2.24) is 4.98 Å². The minimum atomic E-state index is -1.03. The number of rotatable bonds is 3. The number of fused-ring (bicyclic) bond motifs is 1. The molecule has 0 spiro atoms. The predicted molar refractivity (Wildman–Crippen MR) is 66.3 cm³/mol. The van der Waals surface area contributed by atoms with E-state index in [4.69, 9.17) is 9.52 Å². The summed E-state index contributed by atoms with van der Waals surface area (Å²) in [5.41, 5.74) is 2.08. The number of aliphatic hydroxyl groups excluding tert-OH is 1. The SMILES string of the molecule is CC(O)C(=O)Nc1ccc2oc(C3CC3)nc2c1. The zero-order valence-electron chi connectivity index (χ0n) is 10.0. The number of hydrogen-bond donors (Lipinski definition) is 2. The van der Waals surface area contributed by atoms with Gasteiger partial charge < -0.3 is 14.8 Å². The van der Waals surface area contributed by atoms with Crippen molar-refractivity contribution in [2.24, 2.45) is 0 Å². The van der Waals surface area contributed by atoms with Gasteiger partial charge in [-0.15, -0.1) is 0 Å². The van der Waals surface area contributed by atoms with Crippen LogP contribution in [0.5, 0.6) is 0 Å². The zero-order valence-corrected chi connectivity index (χ0v) is 10.0. The molecular formula is C13H14N2O3. The van der Waals surface area contributed by atoms with Crippen LogP contribution in [0.3, 0.4) is 0 Å². The third kappa shape index (κ3) is 2.09. The minimum absolute atomic E-state index is 0.430. The molecule has 1 fully saturated rings. The largest absolute Gasteiger partial charge is 0.440 e. The summed E-state index contributed by atoms with van der Waals surface area (Å²) in [5.74, 6) is 0.817. The first-order chi connectivity index (χ1) is 8.63. The van der Waals surface area contributed by atoms with Crippen LogP contribution >= 0.6 is 0 Å². The molecule has 1 aromatic heterocycles. The quantitative estimate of drug-likeness (QED) is 0.868. The van der Waals surface area contributed by atoms with E-state index in [-0.39, 0.29) is 0 Å². The predicted octanol–water partition coefficient (Wildman–Crippen LogP) is 2.02. The second-order valence-corrected chi connectivity index (χ2v) is 4.67. The summed E-state index contributed by atoms with van der Waals surface area (Å²) in [6.07, 6.45) is 1.25. The first kappa shape index (κ1) is 11.2. The second-order valence-electron chi connectivity index (χ2n) is 4.67. The van der Waals surface area contributed by atoms with Gasteiger partial charge in [-0.2, -0.15) is 0 Å². The van der Waals surface area contributed by atoms with E-state index >= 15 is 0 Å². The Balaban J connectivity index is 1.88. The normalized spacial score (nSPS) is 16.8. The molecule has 0 saturated heterocycles. The van der Waals surface area contributed by atoms with Gasteiger partial charge in [-0.1, -0.05) is 0 Å². The molecule has 0 aliphatic heterocycles. The monoisotopic (exact) mass is 246 g/mol. The highest BCUT2D eigenvalue weighted by Crippen LogP contribution is 2.40. The van der Waals surface area contributed by atoms with E-state index in [9.17, 15) is 4.79 Å². The molecular weight excluding hydrogens is 232 g/mol. The molecule has 94 valence electrons. The molecule has 3 rings (SSSR count). The van der Waals surface area contributed by atoms with E-state index in [0.717, 1.165) is 29.8 Å². The van der Waals surface area contributed by atoms with Crippen molar-refractivity contribution in [1.29, 1.82) is 0 Å². The van der Waals surface area contributed by atoms with Crippen LogP contribution in [0.25, 0.3) is 11.1 Å². The van der Waals surface area contributed by atoms with Crippen molar-refractivity contribution >= 4 is 22.7 Å². The first-order valence-corrected chi connectivity index (χ1v) is 6.03. The molecule has 18 heavy (non-hydrogen) atoms. The highest BCUT2D eigenvalue weighted by Gasteiger charge is 2.28. The molecule has 2 aromatic rings. The number of amides is 1. The lowest BCUT2D eigenvalue weighted by molar-refractivity contribution is -0.123. The molecule has 1 amide bonds. The number of carbonyl (C=O) groups excluding carboxylic acids is 1. The maximum absolute atomic E-state index is 11.4. The maximum Gasteiger partial charge on any atom is 0.252 e. The fraction of sp³-hybridized carbons (Fsp3) is 0.385. The van der Waals surface area contributed by atoms with Crippen LogP contribution in [-0.2, 0) is 4.79 Å². The molecule has 1 aliphatic rings. The molecule has 1 unspecified atom stereocenters. The van der Waals surface area contributed by atoms with Gasteiger partial charge in [0.2, 0.25) is 0 Å². The molecule has 1 heterocycles. The van der Waals surface area contributed by atoms with Crippen LogP contribution in [0.1, 0.15) is 31.6 Å². The highest BCUT2D eigenvalue weighted by molar-refractivity contribution is 5.95. The summed E-state index contributed by atoms with van der Waals surface area (Å²) in [6.45, 7) is 1.43. The van der Waals surface area contributed by atoms with Crippen LogP contribution in [-0.4, -0.2) is 22.1 Å². The number of hydrogen-bond acceptors (Lipinski definition) is 4. The number of nitrogens with zero attached hydrogens (tertiary/aromatic N) is 1. The fourth-order valence-corrected chi connectivity index (χ4v) is 1.77. The van der Waals surface area contributed by atoms with E-state index in [1.165, 1.54) is 6.92 Å². The van der Waals surface area contributed by atoms with Gasteiger partial charge in [-0.3, -0.25) is 4.79 Å². The number of benzene rings is 1. The van der Waals surface area contributed by atoms with E-state index in [1.807, 2.05) is 0 Å². The number of nitrogens with one attached hydrogen (secondary N) is 1. The topological polar surface area (TPSA) is 75.4 Å². The standard InChI is InChI=1S/C13H14N2O3/c1-7(16)12(17)14-9-4-5-11-10(6-9)15-13(18-11)8-2-3-8/h4-8,16H,2-3H2,1H3,(H,14,17). The van der Waals surface area contributed by atoms with Crippen molar-refractivity contribution in [2.75, 3.05) is 5.32 Å². The lowest BCUT2D eigenvalue weighted by Gasteiger charge is -2.06. The number of carbonyl (C=O) groups is 1. The van der Waals surface area contributed by atoms with Crippen molar-refractivity contribution in [3.63, 3.8) is 0 Å². The van der Waals surface area contributed by atoms with Gasteiger partial charge in [0.05, 0.1) is 0 Å². The van der Waals surface area contributed by atoms with Crippen LogP contribution in [0.15, 0.2) is 22.6 Å². The van der Waals surface area contributed by atoms with Crippen LogP contribution in [0, 0.1) is 0 Å². The third-order valence-corrected chi connectivity index (χ3v) is 2.98. The lowest BCUT2D eigenvalue weighted by Crippen LogP contribution is -2.24. The molecule has 0 radical (unpaired) electrons. The van der Waals surface area contributed by atoms with Gasteiger partial charge in [0.15, 0.2) is 11.5 Å². The minimum Gasteiger partial charge on any atom is -0.440 e. The Kier molecular flexibility index (Phi) is 2.56. The Labute approximate surface area is 104 Å². The van der Waals surface area contributed by atoms with Gasteiger partial charge in [0.1, 0.15) is 11.6 Å². The van der Waals surface area contributed by atoms with Gasteiger partial charge >= 0.3 is 0 Å². The molecule has 2 N–H and O–H groups in total. The third-order valence-electron chi connectivity index (χ3n) is 2.98. The Hall–Kier alpha value is -1.88. The first-order valence-electron chi connectivity index (χ1n) is 6.03. The highest BCUT2D eigenvalue weighted by atomic mass is 16.3. The van der Waals surface area contributed by atoms with E-state index in [1.54, 1.807) is 18.2 Å². The van der Waals surface area contributed by atoms with Crippen molar-refractivity contribution in [3.8, 4) is 0 Å². The lowest BCUT2D eigenvalue weighted by atomic mass is 10.2. The van der Waals surface area contributed by atoms with Gasteiger partial charge in [-0.25, -0.2) is 4.98 Å². The molecule has 1 saturated carbocycles. The molecule has 5 heteroatoms. The van der Waals surface area contributed by atoms with Crippen LogP contribution in [0.2, 0.25) is 0 Å². The average molecular weight is 246 g/mol. The number of aliphatic hydroxyl groups is 1. The summed E-state index contributed by atoms with van der Waals surface area (Å²) in [4.78, 5) is 15.8. The van der Waals surface area contributed by atoms with Crippen molar-refractivity contribution < 1.29 is 14.3 Å². The number of aromatic nitrogens is 1. The fourth-order valence-electron chi connectivity index (χ4n) is 1.77. The maximum atomic E-state index is 11.4. The zero-order chi connectivity index (χ0) is 12.7. The Morgan fingerprint density at radius 1 is 1.56 bits per heavy atom. The molecule has 1 aromatic carbocycles. The Morgan fingerprint density at radius 2 is 2.33 bits per heavy atom. The second kappa shape index (κ2) is 4.10. The van der Waals surface area contributed by atoms with Crippen LogP contribution < -0.4 is 5.32 Å².